The van der Waals surface area contributed by atoms with E-state index in [9.17, 15) is 9.59 Å². The minimum absolute atomic E-state index is 0.00175. The van der Waals surface area contributed by atoms with Gasteiger partial charge < -0.3 is 19.4 Å². The summed E-state index contributed by atoms with van der Waals surface area (Å²) < 4.78 is 12.8. The predicted molar refractivity (Wildman–Crippen MR) is 160 cm³/mol. The number of methoxy groups -OCH3 is 2. The van der Waals surface area contributed by atoms with E-state index < -0.39 is 5.97 Å². The lowest BCUT2D eigenvalue weighted by atomic mass is 9.86. The Bertz CT molecular complexity index is 1540. The fourth-order valence-corrected chi connectivity index (χ4v) is 5.72. The van der Waals surface area contributed by atoms with Crippen molar-refractivity contribution in [1.29, 1.82) is 0 Å². The summed E-state index contributed by atoms with van der Waals surface area (Å²) in [4.78, 5) is 26.4. The van der Waals surface area contributed by atoms with Gasteiger partial charge in [-0.1, -0.05) is 70.0 Å². The number of nitrogens with one attached hydrogen (secondary N) is 1. The zero-order valence-corrected chi connectivity index (χ0v) is 24.0. The monoisotopic (exact) mass is 538 g/mol. The van der Waals surface area contributed by atoms with Crippen molar-refractivity contribution < 1.29 is 19.1 Å². The first-order valence-corrected chi connectivity index (χ1v) is 14.0. The van der Waals surface area contributed by atoms with Gasteiger partial charge in [0.05, 0.1) is 14.2 Å². The maximum atomic E-state index is 13.4. The summed E-state index contributed by atoms with van der Waals surface area (Å²) in [6.45, 7) is 7.00. The van der Waals surface area contributed by atoms with Gasteiger partial charge in [-0.05, 0) is 65.3 Å². The Morgan fingerprint density at radius 2 is 1.68 bits per heavy atom. The second-order valence-electron chi connectivity index (χ2n) is 11.7. The molecule has 40 heavy (non-hydrogen) atoms. The number of carbonyl (C=O) groups excluding carboxylic acids is 2. The number of rotatable bonds is 7. The zero-order valence-electron chi connectivity index (χ0n) is 24.0. The Balaban J connectivity index is 1.69. The van der Waals surface area contributed by atoms with Gasteiger partial charge in [0.2, 0.25) is 5.91 Å². The van der Waals surface area contributed by atoms with Gasteiger partial charge in [0.15, 0.2) is 0 Å². The topological polar surface area (TPSA) is 69.6 Å². The average Bonchev–Trinajstić information content (AvgIpc) is 3.59. The molecular formula is C34H38N2O4. The molecule has 208 valence electrons. The first-order valence-electron chi connectivity index (χ1n) is 14.0. The van der Waals surface area contributed by atoms with Crippen molar-refractivity contribution in [1.82, 2.24) is 4.57 Å². The SMILES string of the molecule is COC(=O)c1c(-c2ccc(C(C)(C)C)cc2)c2cc(NC(=O)C3CCCC3)ccc2n1Cc1cccc(OC)c1. The molecule has 6 heteroatoms. The number of amides is 1. The van der Waals surface area contributed by atoms with Crippen molar-refractivity contribution in [2.45, 2.75) is 58.4 Å². The quantitative estimate of drug-likeness (QED) is 0.246. The van der Waals surface area contributed by atoms with E-state index in [0.29, 0.717) is 12.2 Å². The van der Waals surface area contributed by atoms with Crippen LogP contribution in [0.2, 0.25) is 0 Å². The Hall–Kier alpha value is -4.06. The Labute approximate surface area is 236 Å². The molecule has 0 saturated heterocycles. The number of nitrogens with zero attached hydrogens (tertiary/aromatic N) is 1. The molecule has 1 fully saturated rings. The summed E-state index contributed by atoms with van der Waals surface area (Å²) in [5, 5.41) is 4.02. The minimum Gasteiger partial charge on any atom is -0.497 e. The zero-order chi connectivity index (χ0) is 28.4. The number of esters is 1. The fraction of sp³-hybridized carbons (Fsp3) is 0.353. The lowest BCUT2D eigenvalue weighted by molar-refractivity contribution is -0.119. The molecule has 0 spiro atoms. The van der Waals surface area contributed by atoms with Crippen LogP contribution in [0.15, 0.2) is 66.7 Å². The molecule has 1 amide bonds. The number of ether oxygens (including phenoxy) is 2. The number of benzene rings is 3. The summed E-state index contributed by atoms with van der Waals surface area (Å²) in [6.07, 6.45) is 4.06. The molecule has 5 rings (SSSR count). The molecule has 6 nitrogen and oxygen atoms in total. The van der Waals surface area contributed by atoms with Crippen molar-refractivity contribution in [3.05, 3.63) is 83.6 Å². The van der Waals surface area contributed by atoms with Crippen LogP contribution in [-0.4, -0.2) is 30.7 Å². The van der Waals surface area contributed by atoms with Crippen LogP contribution in [0, 0.1) is 5.92 Å². The Morgan fingerprint density at radius 3 is 2.33 bits per heavy atom. The Kier molecular flexibility index (Phi) is 7.70. The molecule has 1 aromatic heterocycles. The van der Waals surface area contributed by atoms with Crippen molar-refractivity contribution in [2.24, 2.45) is 5.92 Å². The van der Waals surface area contributed by atoms with Crippen LogP contribution in [-0.2, 0) is 21.5 Å². The summed E-state index contributed by atoms with van der Waals surface area (Å²) in [7, 11) is 3.06. The van der Waals surface area contributed by atoms with Gasteiger partial charge in [-0.15, -0.1) is 0 Å². The highest BCUT2D eigenvalue weighted by Crippen LogP contribution is 2.39. The molecule has 0 unspecified atom stereocenters. The van der Waals surface area contributed by atoms with E-state index in [4.69, 9.17) is 9.47 Å². The summed E-state index contributed by atoms with van der Waals surface area (Å²) >= 11 is 0. The van der Waals surface area contributed by atoms with E-state index in [1.165, 1.54) is 12.7 Å². The highest BCUT2D eigenvalue weighted by Gasteiger charge is 2.27. The van der Waals surface area contributed by atoms with Gasteiger partial charge in [0.25, 0.3) is 0 Å². The number of hydrogen-bond donors (Lipinski definition) is 1. The average molecular weight is 539 g/mol. The maximum Gasteiger partial charge on any atom is 0.355 e. The Morgan fingerprint density at radius 1 is 0.950 bits per heavy atom. The molecule has 0 bridgehead atoms. The van der Waals surface area contributed by atoms with Crippen LogP contribution in [0.3, 0.4) is 0 Å². The van der Waals surface area contributed by atoms with Gasteiger partial charge in [0.1, 0.15) is 11.4 Å². The number of aromatic nitrogens is 1. The second-order valence-corrected chi connectivity index (χ2v) is 11.7. The molecular weight excluding hydrogens is 500 g/mol. The molecule has 0 aliphatic heterocycles. The van der Waals surface area contributed by atoms with Crippen LogP contribution >= 0.6 is 0 Å². The molecule has 1 heterocycles. The van der Waals surface area contributed by atoms with Crippen LogP contribution in [0.4, 0.5) is 5.69 Å². The highest BCUT2D eigenvalue weighted by atomic mass is 16.5. The lowest BCUT2D eigenvalue weighted by Gasteiger charge is -2.19. The van der Waals surface area contributed by atoms with E-state index in [0.717, 1.165) is 64.7 Å². The maximum absolute atomic E-state index is 13.4. The summed E-state index contributed by atoms with van der Waals surface area (Å²) in [6, 6.07) is 22.1. The normalized spacial score (nSPS) is 13.9. The van der Waals surface area contributed by atoms with Crippen LogP contribution in [0.5, 0.6) is 5.75 Å². The van der Waals surface area contributed by atoms with Crippen LogP contribution < -0.4 is 10.1 Å². The standard InChI is InChI=1S/C34H38N2O4/c1-34(2,3)25-15-13-23(14-16-25)30-28-20-26(35-32(37)24-10-6-7-11-24)17-18-29(28)36(31(30)33(38)40-5)21-22-9-8-12-27(19-22)39-4/h8-9,12-20,24H,6-7,10-11,21H2,1-5H3,(H,35,37). The van der Waals surface area contributed by atoms with Gasteiger partial charge in [-0.25, -0.2) is 4.79 Å². The molecule has 3 aromatic carbocycles. The van der Waals surface area contributed by atoms with Crippen molar-refractivity contribution in [2.75, 3.05) is 19.5 Å². The van der Waals surface area contributed by atoms with Gasteiger partial charge in [0, 0.05) is 34.6 Å². The third-order valence-corrected chi connectivity index (χ3v) is 7.95. The summed E-state index contributed by atoms with van der Waals surface area (Å²) in [5.74, 6) is 0.467. The minimum atomic E-state index is -0.412. The molecule has 1 N–H and O–H groups in total. The van der Waals surface area contributed by atoms with E-state index >= 15 is 0 Å². The van der Waals surface area contributed by atoms with Crippen molar-refractivity contribution >= 4 is 28.5 Å². The molecule has 1 aliphatic carbocycles. The predicted octanol–water partition coefficient (Wildman–Crippen LogP) is 7.58. The van der Waals surface area contributed by atoms with E-state index in [2.05, 4.69) is 50.4 Å². The van der Waals surface area contributed by atoms with Crippen LogP contribution in [0.1, 0.15) is 68.1 Å². The molecule has 1 saturated carbocycles. The van der Waals surface area contributed by atoms with E-state index in [1.54, 1.807) is 7.11 Å². The number of carbonyl (C=O) groups is 2. The number of fused-ring (bicyclic) bond motifs is 1. The van der Waals surface area contributed by atoms with Crippen molar-refractivity contribution in [3.63, 3.8) is 0 Å². The van der Waals surface area contributed by atoms with Crippen molar-refractivity contribution in [3.8, 4) is 16.9 Å². The first-order chi connectivity index (χ1) is 19.2. The van der Waals surface area contributed by atoms with E-state index in [1.807, 2.05) is 47.0 Å². The number of anilines is 1. The molecule has 4 aromatic rings. The van der Waals surface area contributed by atoms with Gasteiger partial charge >= 0.3 is 5.97 Å². The van der Waals surface area contributed by atoms with Gasteiger partial charge in [-0.3, -0.25) is 4.79 Å². The van der Waals surface area contributed by atoms with E-state index in [-0.39, 0.29) is 17.2 Å². The third-order valence-electron chi connectivity index (χ3n) is 7.95. The smallest absolute Gasteiger partial charge is 0.355 e. The fourth-order valence-electron chi connectivity index (χ4n) is 5.72. The van der Waals surface area contributed by atoms with Crippen LogP contribution in [0.25, 0.3) is 22.0 Å². The highest BCUT2D eigenvalue weighted by molar-refractivity contribution is 6.10. The third kappa shape index (κ3) is 5.48. The summed E-state index contributed by atoms with van der Waals surface area (Å²) in [5.41, 5.74) is 6.01. The first kappa shape index (κ1) is 27.5. The second kappa shape index (κ2) is 11.2. The number of hydrogen-bond acceptors (Lipinski definition) is 4. The lowest BCUT2D eigenvalue weighted by Crippen LogP contribution is -2.20. The largest absolute Gasteiger partial charge is 0.497 e. The molecule has 0 atom stereocenters. The van der Waals surface area contributed by atoms with Gasteiger partial charge in [-0.2, -0.15) is 0 Å². The molecule has 0 radical (unpaired) electrons. The molecule has 1 aliphatic rings.